The van der Waals surface area contributed by atoms with E-state index in [-0.39, 0.29) is 0 Å². The summed E-state index contributed by atoms with van der Waals surface area (Å²) in [7, 11) is 1.69. The van der Waals surface area contributed by atoms with Gasteiger partial charge in [-0.05, 0) is 61.0 Å². The Hall–Kier alpha value is -1.86. The topological polar surface area (TPSA) is 37.0 Å². The van der Waals surface area contributed by atoms with Crippen molar-refractivity contribution in [3.63, 3.8) is 0 Å². The predicted molar refractivity (Wildman–Crippen MR) is 128 cm³/mol. The molecule has 0 radical (unpaired) electrons. The molecule has 0 amide bonds. The molecule has 3 rings (SSSR count). The molecular formula is C23H30ClN3O2S. The van der Waals surface area contributed by atoms with Crippen LogP contribution in [0.3, 0.4) is 0 Å². The molecule has 0 saturated carbocycles. The van der Waals surface area contributed by atoms with Gasteiger partial charge in [0.05, 0.1) is 20.3 Å². The Labute approximate surface area is 189 Å². The molecule has 30 heavy (non-hydrogen) atoms. The Balaban J connectivity index is 1.68. The van der Waals surface area contributed by atoms with E-state index >= 15 is 0 Å². The number of ether oxygens (including phenoxy) is 2. The molecule has 7 heteroatoms. The number of hydrogen-bond donors (Lipinski definition) is 1. The Morgan fingerprint density at radius 2 is 2.00 bits per heavy atom. The van der Waals surface area contributed by atoms with E-state index in [1.54, 1.807) is 7.11 Å². The Morgan fingerprint density at radius 1 is 1.23 bits per heavy atom. The molecule has 1 heterocycles. The molecular weight excluding hydrogens is 418 g/mol. The maximum atomic E-state index is 6.28. The van der Waals surface area contributed by atoms with Crippen LogP contribution in [0, 0.1) is 6.92 Å². The molecule has 0 spiro atoms. The first-order chi connectivity index (χ1) is 14.6. The van der Waals surface area contributed by atoms with E-state index in [2.05, 4.69) is 27.2 Å². The zero-order valence-corrected chi connectivity index (χ0v) is 19.3. The van der Waals surface area contributed by atoms with Crippen LogP contribution in [-0.2, 0) is 11.3 Å². The van der Waals surface area contributed by atoms with Gasteiger partial charge in [0.1, 0.15) is 5.75 Å². The van der Waals surface area contributed by atoms with Gasteiger partial charge in [-0.15, -0.1) is 0 Å². The highest BCUT2D eigenvalue weighted by molar-refractivity contribution is 7.80. The van der Waals surface area contributed by atoms with Crippen LogP contribution in [0.2, 0.25) is 5.02 Å². The van der Waals surface area contributed by atoms with Gasteiger partial charge in [-0.2, -0.15) is 0 Å². The minimum Gasteiger partial charge on any atom is -0.497 e. The third-order valence-electron chi connectivity index (χ3n) is 5.31. The van der Waals surface area contributed by atoms with Crippen LogP contribution in [0.5, 0.6) is 5.75 Å². The SMILES string of the molecule is COc1cccc(CN(CCCN2CCOCC2)C(=S)Nc2cccc(Cl)c2C)c1. The van der Waals surface area contributed by atoms with Crippen LogP contribution in [-0.4, -0.2) is 61.4 Å². The van der Waals surface area contributed by atoms with Crippen molar-refractivity contribution in [3.8, 4) is 5.75 Å². The number of nitrogens with zero attached hydrogens (tertiary/aromatic N) is 2. The van der Waals surface area contributed by atoms with Crippen molar-refractivity contribution in [1.82, 2.24) is 9.80 Å². The summed E-state index contributed by atoms with van der Waals surface area (Å²) >= 11 is 12.1. The molecule has 162 valence electrons. The van der Waals surface area contributed by atoms with Crippen molar-refractivity contribution in [2.24, 2.45) is 0 Å². The van der Waals surface area contributed by atoms with E-state index in [0.29, 0.717) is 11.7 Å². The number of anilines is 1. The van der Waals surface area contributed by atoms with Gasteiger partial charge in [0.2, 0.25) is 0 Å². The van der Waals surface area contributed by atoms with Crippen molar-refractivity contribution in [2.75, 3.05) is 51.8 Å². The normalized spacial score (nSPS) is 14.4. The maximum absolute atomic E-state index is 6.28. The second-order valence-corrected chi connectivity index (χ2v) is 8.22. The third-order valence-corrected chi connectivity index (χ3v) is 6.08. The average Bonchev–Trinajstić information content (AvgIpc) is 2.77. The third kappa shape index (κ3) is 6.57. The molecule has 1 fully saturated rings. The number of halogens is 1. The summed E-state index contributed by atoms with van der Waals surface area (Å²) in [6.07, 6.45) is 1.03. The van der Waals surface area contributed by atoms with Crippen LogP contribution >= 0.6 is 23.8 Å². The minimum absolute atomic E-state index is 0.699. The fourth-order valence-corrected chi connectivity index (χ4v) is 3.93. The van der Waals surface area contributed by atoms with Gasteiger partial charge in [-0.25, -0.2) is 0 Å². The van der Waals surface area contributed by atoms with Crippen molar-refractivity contribution in [3.05, 3.63) is 58.6 Å². The van der Waals surface area contributed by atoms with E-state index in [4.69, 9.17) is 33.3 Å². The predicted octanol–water partition coefficient (Wildman–Crippen LogP) is 4.58. The molecule has 2 aromatic rings. The van der Waals surface area contributed by atoms with E-state index in [1.165, 1.54) is 0 Å². The van der Waals surface area contributed by atoms with Gasteiger partial charge in [0.25, 0.3) is 0 Å². The summed E-state index contributed by atoms with van der Waals surface area (Å²) in [5, 5.41) is 4.83. The van der Waals surface area contributed by atoms with E-state index in [9.17, 15) is 0 Å². The second kappa shape index (κ2) is 11.5. The van der Waals surface area contributed by atoms with Crippen molar-refractivity contribution >= 4 is 34.6 Å². The highest BCUT2D eigenvalue weighted by Gasteiger charge is 2.15. The summed E-state index contributed by atoms with van der Waals surface area (Å²) < 4.78 is 10.8. The summed E-state index contributed by atoms with van der Waals surface area (Å²) in [5.74, 6) is 0.852. The van der Waals surface area contributed by atoms with Gasteiger partial charge in [0, 0.05) is 43.4 Å². The van der Waals surface area contributed by atoms with Crippen LogP contribution < -0.4 is 10.1 Å². The summed E-state index contributed by atoms with van der Waals surface area (Å²) in [4.78, 5) is 4.66. The van der Waals surface area contributed by atoms with Crippen molar-refractivity contribution < 1.29 is 9.47 Å². The van der Waals surface area contributed by atoms with E-state index in [0.717, 1.165) is 73.4 Å². The Bertz CT molecular complexity index is 843. The monoisotopic (exact) mass is 447 g/mol. The summed E-state index contributed by atoms with van der Waals surface area (Å²) in [6, 6.07) is 14.0. The van der Waals surface area contributed by atoms with Gasteiger partial charge in [-0.3, -0.25) is 4.90 Å². The molecule has 1 aliphatic rings. The number of methoxy groups -OCH3 is 1. The molecule has 1 N–H and O–H groups in total. The number of rotatable bonds is 8. The van der Waals surface area contributed by atoms with Crippen LogP contribution in [0.25, 0.3) is 0 Å². The molecule has 0 aromatic heterocycles. The summed E-state index contributed by atoms with van der Waals surface area (Å²) in [6.45, 7) is 8.25. The van der Waals surface area contributed by atoms with E-state index < -0.39 is 0 Å². The zero-order valence-electron chi connectivity index (χ0n) is 17.7. The molecule has 1 saturated heterocycles. The fourth-order valence-electron chi connectivity index (χ4n) is 3.49. The summed E-state index contributed by atoms with van der Waals surface area (Å²) in [5.41, 5.74) is 3.10. The zero-order chi connectivity index (χ0) is 21.3. The lowest BCUT2D eigenvalue weighted by Crippen LogP contribution is -2.40. The average molecular weight is 448 g/mol. The van der Waals surface area contributed by atoms with Crippen molar-refractivity contribution in [2.45, 2.75) is 19.9 Å². The molecule has 2 aromatic carbocycles. The van der Waals surface area contributed by atoms with E-state index in [1.807, 2.05) is 37.3 Å². The standard InChI is InChI=1S/C23H30ClN3O2S/c1-18-21(24)8-4-9-22(18)25-23(30)27(11-5-10-26-12-14-29-15-13-26)17-19-6-3-7-20(16-19)28-2/h3-4,6-9,16H,5,10-15,17H2,1-2H3,(H,25,30). The lowest BCUT2D eigenvalue weighted by atomic mass is 10.2. The Kier molecular flexibility index (Phi) is 8.75. The van der Waals surface area contributed by atoms with Gasteiger partial charge in [0.15, 0.2) is 5.11 Å². The lowest BCUT2D eigenvalue weighted by Gasteiger charge is -2.30. The van der Waals surface area contributed by atoms with Gasteiger partial charge in [-0.1, -0.05) is 29.8 Å². The largest absolute Gasteiger partial charge is 0.497 e. The smallest absolute Gasteiger partial charge is 0.173 e. The Morgan fingerprint density at radius 3 is 2.77 bits per heavy atom. The highest BCUT2D eigenvalue weighted by Crippen LogP contribution is 2.24. The second-order valence-electron chi connectivity index (χ2n) is 7.42. The molecule has 5 nitrogen and oxygen atoms in total. The number of morpholine rings is 1. The number of hydrogen-bond acceptors (Lipinski definition) is 4. The van der Waals surface area contributed by atoms with Crippen LogP contribution in [0.4, 0.5) is 5.69 Å². The fraction of sp³-hybridized carbons (Fsp3) is 0.435. The van der Waals surface area contributed by atoms with Crippen LogP contribution in [0.1, 0.15) is 17.5 Å². The molecule has 1 aliphatic heterocycles. The number of benzene rings is 2. The molecule has 0 aliphatic carbocycles. The van der Waals surface area contributed by atoms with Gasteiger partial charge >= 0.3 is 0 Å². The highest BCUT2D eigenvalue weighted by atomic mass is 35.5. The molecule has 0 unspecified atom stereocenters. The quantitative estimate of drug-likeness (QED) is 0.597. The van der Waals surface area contributed by atoms with Gasteiger partial charge < -0.3 is 19.7 Å². The molecule has 0 bridgehead atoms. The van der Waals surface area contributed by atoms with Crippen LogP contribution in [0.15, 0.2) is 42.5 Å². The first-order valence-electron chi connectivity index (χ1n) is 10.3. The first-order valence-corrected chi connectivity index (χ1v) is 11.1. The minimum atomic E-state index is 0.699. The van der Waals surface area contributed by atoms with Crippen molar-refractivity contribution in [1.29, 1.82) is 0 Å². The first kappa shape index (κ1) is 22.8. The number of thiocarbonyl (C=S) groups is 1. The maximum Gasteiger partial charge on any atom is 0.173 e. The number of nitrogens with one attached hydrogen (secondary N) is 1. The lowest BCUT2D eigenvalue weighted by molar-refractivity contribution is 0.0368. The molecule has 0 atom stereocenters.